The van der Waals surface area contributed by atoms with Crippen molar-refractivity contribution in [3.63, 3.8) is 0 Å². The van der Waals surface area contributed by atoms with Crippen molar-refractivity contribution in [1.82, 2.24) is 19.7 Å². The summed E-state index contributed by atoms with van der Waals surface area (Å²) in [5, 5.41) is 7.92. The van der Waals surface area contributed by atoms with E-state index in [4.69, 9.17) is 44.9 Å². The lowest BCUT2D eigenvalue weighted by Gasteiger charge is -2.14. The molecule has 0 saturated carbocycles. The number of thioether (sulfide) groups is 1. The van der Waals surface area contributed by atoms with Crippen LogP contribution in [0.4, 0.5) is 0 Å². The summed E-state index contributed by atoms with van der Waals surface area (Å²) in [6.45, 7) is 6.24. The largest absolute Gasteiger partial charge is 0.237 e. The Morgan fingerprint density at radius 1 is 1.08 bits per heavy atom. The summed E-state index contributed by atoms with van der Waals surface area (Å²) in [6, 6.07) is 3.32. The normalized spacial score (nSPS) is 11.7. The summed E-state index contributed by atoms with van der Waals surface area (Å²) in [4.78, 5) is 9.42. The summed E-state index contributed by atoms with van der Waals surface area (Å²) in [5.41, 5.74) is 2.33. The maximum atomic E-state index is 6.44. The van der Waals surface area contributed by atoms with Crippen molar-refractivity contribution in [2.24, 2.45) is 0 Å². The van der Waals surface area contributed by atoms with Gasteiger partial charge in [0.25, 0.3) is 0 Å². The van der Waals surface area contributed by atoms with E-state index in [0.29, 0.717) is 32.5 Å². The lowest BCUT2D eigenvalue weighted by Crippen LogP contribution is -2.05. The molecule has 2 heterocycles. The van der Waals surface area contributed by atoms with Gasteiger partial charge >= 0.3 is 0 Å². The minimum Gasteiger partial charge on any atom is -0.237 e. The predicted molar refractivity (Wildman–Crippen MR) is 112 cm³/mol. The second-order valence-corrected chi connectivity index (χ2v) is 8.05. The van der Waals surface area contributed by atoms with Crippen LogP contribution in [-0.4, -0.2) is 26.0 Å². The highest BCUT2D eigenvalue weighted by Crippen LogP contribution is 2.38. The third-order valence-corrected chi connectivity index (χ3v) is 5.86. The number of nitrogens with zero attached hydrogens (tertiary/aromatic N) is 4. The fraction of sp³-hybridized carbons (Fsp3) is 0.389. The summed E-state index contributed by atoms with van der Waals surface area (Å²) in [6.07, 6.45) is 4.00. The fourth-order valence-electron chi connectivity index (χ4n) is 3.13. The first kappa shape index (κ1) is 19.7. The second kappa shape index (κ2) is 7.93. The third kappa shape index (κ3) is 3.42. The lowest BCUT2D eigenvalue weighted by atomic mass is 9.97. The Labute approximate surface area is 172 Å². The fourth-order valence-corrected chi connectivity index (χ4v) is 4.67. The zero-order valence-electron chi connectivity index (χ0n) is 15.0. The van der Waals surface area contributed by atoms with Crippen LogP contribution in [-0.2, 0) is 0 Å². The molecule has 0 aliphatic rings. The second-order valence-electron chi connectivity index (χ2n) is 6.01. The predicted octanol–water partition coefficient (Wildman–Crippen LogP) is 6.71. The van der Waals surface area contributed by atoms with Crippen LogP contribution in [0.25, 0.3) is 16.7 Å². The molecule has 0 spiro atoms. The molecule has 0 bridgehead atoms. The number of rotatable bonds is 5. The number of aromatic nitrogens is 4. The van der Waals surface area contributed by atoms with Crippen molar-refractivity contribution < 1.29 is 0 Å². The topological polar surface area (TPSA) is 43.6 Å². The Balaban J connectivity index is 2.40. The molecule has 138 valence electrons. The summed E-state index contributed by atoms with van der Waals surface area (Å²) >= 11 is 20.5. The Bertz CT molecular complexity index is 944. The summed E-state index contributed by atoms with van der Waals surface area (Å²) in [5.74, 6) is 1.05. The van der Waals surface area contributed by atoms with Gasteiger partial charge in [0.1, 0.15) is 16.5 Å². The van der Waals surface area contributed by atoms with Crippen molar-refractivity contribution in [1.29, 1.82) is 0 Å². The standard InChI is InChI=1S/C18H19Cl3N4S/c1-5-10(6-2)15-14-17(23-9(3)22-15)25(24-18(14)26-4)16-12(20)7-11(19)8-13(16)21/h7-8,10H,5-6H2,1-4H3. The van der Waals surface area contributed by atoms with Crippen molar-refractivity contribution in [3.05, 3.63) is 38.7 Å². The van der Waals surface area contributed by atoms with E-state index in [2.05, 4.69) is 18.8 Å². The molecule has 2 aromatic heterocycles. The SMILES string of the molecule is CCC(CC)c1nc(C)nc2c1c(SC)nn2-c1c(Cl)cc(Cl)cc1Cl. The molecule has 8 heteroatoms. The van der Waals surface area contributed by atoms with Crippen LogP contribution in [0.1, 0.15) is 44.1 Å². The van der Waals surface area contributed by atoms with E-state index in [1.54, 1.807) is 28.6 Å². The molecule has 0 saturated heterocycles. The van der Waals surface area contributed by atoms with Gasteiger partial charge in [-0.3, -0.25) is 0 Å². The van der Waals surface area contributed by atoms with Crippen molar-refractivity contribution >= 4 is 57.6 Å². The van der Waals surface area contributed by atoms with Crippen LogP contribution in [0.2, 0.25) is 15.1 Å². The molecule has 4 nitrogen and oxygen atoms in total. The first-order valence-corrected chi connectivity index (χ1v) is 10.7. The zero-order valence-corrected chi connectivity index (χ0v) is 18.1. The van der Waals surface area contributed by atoms with Crippen LogP contribution in [0.5, 0.6) is 0 Å². The number of hydrogen-bond donors (Lipinski definition) is 0. The zero-order chi connectivity index (χ0) is 19.0. The van der Waals surface area contributed by atoms with Gasteiger partial charge < -0.3 is 0 Å². The van der Waals surface area contributed by atoms with Gasteiger partial charge in [-0.05, 0) is 38.2 Å². The number of aryl methyl sites for hydroxylation is 1. The molecule has 26 heavy (non-hydrogen) atoms. The van der Waals surface area contributed by atoms with Crippen molar-refractivity contribution in [2.75, 3.05) is 6.26 Å². The summed E-state index contributed by atoms with van der Waals surface area (Å²) in [7, 11) is 0. The molecule has 0 radical (unpaired) electrons. The van der Waals surface area contributed by atoms with Gasteiger partial charge in [0.05, 0.1) is 21.1 Å². The number of fused-ring (bicyclic) bond motifs is 1. The molecule has 0 aliphatic carbocycles. The van der Waals surface area contributed by atoms with E-state index >= 15 is 0 Å². The minimum atomic E-state index is 0.346. The van der Waals surface area contributed by atoms with Gasteiger partial charge in [-0.25, -0.2) is 14.6 Å². The molecular formula is C18H19Cl3N4S. The monoisotopic (exact) mass is 428 g/mol. The molecule has 1 aromatic carbocycles. The van der Waals surface area contributed by atoms with Gasteiger partial charge in [-0.1, -0.05) is 48.7 Å². The molecule has 0 unspecified atom stereocenters. The van der Waals surface area contributed by atoms with Crippen LogP contribution >= 0.6 is 46.6 Å². The van der Waals surface area contributed by atoms with E-state index in [1.807, 2.05) is 13.2 Å². The average molecular weight is 430 g/mol. The first-order valence-electron chi connectivity index (χ1n) is 8.37. The van der Waals surface area contributed by atoms with Crippen LogP contribution in [0.3, 0.4) is 0 Å². The Morgan fingerprint density at radius 3 is 2.23 bits per heavy atom. The first-order chi connectivity index (χ1) is 12.4. The molecule has 3 rings (SSSR count). The highest BCUT2D eigenvalue weighted by Gasteiger charge is 2.24. The number of benzene rings is 1. The Morgan fingerprint density at radius 2 is 1.69 bits per heavy atom. The van der Waals surface area contributed by atoms with Crippen LogP contribution < -0.4 is 0 Å². The van der Waals surface area contributed by atoms with E-state index < -0.39 is 0 Å². The maximum Gasteiger partial charge on any atom is 0.168 e. The molecular weight excluding hydrogens is 411 g/mol. The van der Waals surface area contributed by atoms with Gasteiger partial charge in [-0.15, -0.1) is 11.8 Å². The smallest absolute Gasteiger partial charge is 0.168 e. The number of halogens is 3. The molecule has 0 N–H and O–H groups in total. The third-order valence-electron chi connectivity index (χ3n) is 4.39. The number of hydrogen-bond acceptors (Lipinski definition) is 4. The molecule has 0 aliphatic heterocycles. The van der Waals surface area contributed by atoms with E-state index in [0.717, 1.165) is 34.6 Å². The van der Waals surface area contributed by atoms with Gasteiger partial charge in [0, 0.05) is 10.9 Å². The Kier molecular flexibility index (Phi) is 6.02. The van der Waals surface area contributed by atoms with Crippen LogP contribution in [0.15, 0.2) is 17.2 Å². The minimum absolute atomic E-state index is 0.346. The highest BCUT2D eigenvalue weighted by molar-refractivity contribution is 7.98. The van der Waals surface area contributed by atoms with E-state index in [-0.39, 0.29) is 0 Å². The molecule has 0 fully saturated rings. The van der Waals surface area contributed by atoms with Crippen molar-refractivity contribution in [3.8, 4) is 5.69 Å². The van der Waals surface area contributed by atoms with E-state index in [1.165, 1.54) is 0 Å². The molecule has 0 amide bonds. The molecule has 0 atom stereocenters. The van der Waals surface area contributed by atoms with E-state index in [9.17, 15) is 0 Å². The molecule has 3 aromatic rings. The van der Waals surface area contributed by atoms with Crippen LogP contribution in [0, 0.1) is 6.92 Å². The van der Waals surface area contributed by atoms with Gasteiger partial charge in [0.2, 0.25) is 0 Å². The quantitative estimate of drug-likeness (QED) is 0.423. The lowest BCUT2D eigenvalue weighted by molar-refractivity contribution is 0.624. The van der Waals surface area contributed by atoms with Crippen molar-refractivity contribution in [2.45, 2.75) is 44.6 Å². The maximum absolute atomic E-state index is 6.44. The summed E-state index contributed by atoms with van der Waals surface area (Å²) < 4.78 is 1.71. The van der Waals surface area contributed by atoms with Gasteiger partial charge in [0.15, 0.2) is 5.65 Å². The highest BCUT2D eigenvalue weighted by atomic mass is 35.5. The Hall–Kier alpha value is -1.01. The van der Waals surface area contributed by atoms with Gasteiger partial charge in [-0.2, -0.15) is 5.10 Å². The average Bonchev–Trinajstić information content (AvgIpc) is 2.93.